The SMILES string of the molecule is CC(C)CC(Oc1ccc(C2=NNC(=O)C[C@@H]2C)cc1)C(=O)NNC[C@](C)(O)Oc1ccccc1C#N. The first-order valence-corrected chi connectivity index (χ1v) is 12.1. The fourth-order valence-electron chi connectivity index (χ4n) is 3.80. The Kier molecular flexibility index (Phi) is 9.22. The topological polar surface area (TPSA) is 145 Å². The largest absolute Gasteiger partial charge is 0.481 e. The second kappa shape index (κ2) is 12.3. The Hall–Kier alpha value is -3.94. The highest BCUT2D eigenvalue weighted by molar-refractivity contribution is 6.05. The van der Waals surface area contributed by atoms with Crippen molar-refractivity contribution in [2.45, 2.75) is 52.4 Å². The summed E-state index contributed by atoms with van der Waals surface area (Å²) in [6, 6.07) is 15.8. The monoisotopic (exact) mass is 507 g/mol. The molecule has 4 N–H and O–H groups in total. The van der Waals surface area contributed by atoms with E-state index in [0.29, 0.717) is 18.6 Å². The highest BCUT2D eigenvalue weighted by Crippen LogP contribution is 2.22. The summed E-state index contributed by atoms with van der Waals surface area (Å²) in [7, 11) is 0. The molecule has 1 heterocycles. The van der Waals surface area contributed by atoms with Crippen molar-refractivity contribution in [1.29, 1.82) is 5.26 Å². The van der Waals surface area contributed by atoms with Gasteiger partial charge in [-0.05, 0) is 54.3 Å². The number of rotatable bonds is 11. The van der Waals surface area contributed by atoms with Crippen molar-refractivity contribution in [3.05, 3.63) is 59.7 Å². The number of aliphatic hydroxyl groups is 1. The average Bonchev–Trinajstić information content (AvgIpc) is 2.84. The molecule has 0 aliphatic carbocycles. The van der Waals surface area contributed by atoms with Crippen molar-refractivity contribution in [2.24, 2.45) is 16.9 Å². The average molecular weight is 508 g/mol. The van der Waals surface area contributed by atoms with Crippen LogP contribution in [0.25, 0.3) is 0 Å². The summed E-state index contributed by atoms with van der Waals surface area (Å²) in [4.78, 5) is 24.4. The minimum absolute atomic E-state index is 0.000584. The minimum atomic E-state index is -1.69. The van der Waals surface area contributed by atoms with Crippen LogP contribution in [0.2, 0.25) is 0 Å². The minimum Gasteiger partial charge on any atom is -0.481 e. The van der Waals surface area contributed by atoms with Gasteiger partial charge in [0, 0.05) is 19.3 Å². The molecule has 196 valence electrons. The normalized spacial score (nSPS) is 17.6. The van der Waals surface area contributed by atoms with Crippen molar-refractivity contribution >= 4 is 17.5 Å². The van der Waals surface area contributed by atoms with Crippen LogP contribution in [0.4, 0.5) is 0 Å². The molecule has 0 fully saturated rings. The zero-order valence-electron chi connectivity index (χ0n) is 21.4. The van der Waals surface area contributed by atoms with Crippen molar-refractivity contribution in [1.82, 2.24) is 16.3 Å². The Morgan fingerprint density at radius 1 is 1.27 bits per heavy atom. The summed E-state index contributed by atoms with van der Waals surface area (Å²) in [6.45, 7) is 7.21. The van der Waals surface area contributed by atoms with Crippen LogP contribution in [0.3, 0.4) is 0 Å². The van der Waals surface area contributed by atoms with Gasteiger partial charge in [0.2, 0.25) is 11.7 Å². The van der Waals surface area contributed by atoms with Gasteiger partial charge in [-0.2, -0.15) is 10.4 Å². The number of para-hydroxylation sites is 1. The Balaban J connectivity index is 1.59. The fourth-order valence-corrected chi connectivity index (χ4v) is 3.80. The van der Waals surface area contributed by atoms with Gasteiger partial charge in [-0.3, -0.25) is 15.0 Å². The lowest BCUT2D eigenvalue weighted by molar-refractivity contribution is -0.134. The zero-order chi connectivity index (χ0) is 27.0. The number of nitrogens with zero attached hydrogens (tertiary/aromatic N) is 2. The number of carbonyl (C=O) groups is 2. The second-order valence-corrected chi connectivity index (χ2v) is 9.63. The number of nitrogens with one attached hydrogen (secondary N) is 3. The van der Waals surface area contributed by atoms with Crippen LogP contribution in [0.15, 0.2) is 53.6 Å². The maximum atomic E-state index is 12.9. The van der Waals surface area contributed by atoms with Crippen molar-refractivity contribution in [3.8, 4) is 17.6 Å². The van der Waals surface area contributed by atoms with Gasteiger partial charge in [0.25, 0.3) is 5.91 Å². The Labute approximate surface area is 216 Å². The third-order valence-electron chi connectivity index (χ3n) is 5.63. The summed E-state index contributed by atoms with van der Waals surface area (Å²) < 4.78 is 11.5. The first-order valence-electron chi connectivity index (χ1n) is 12.1. The molecule has 2 aromatic carbocycles. The Bertz CT molecular complexity index is 1170. The van der Waals surface area contributed by atoms with E-state index in [2.05, 4.69) is 21.4 Å². The predicted molar refractivity (Wildman–Crippen MR) is 137 cm³/mol. The third kappa shape index (κ3) is 8.03. The number of benzene rings is 2. The van der Waals surface area contributed by atoms with Crippen LogP contribution >= 0.6 is 0 Å². The molecule has 1 aliphatic rings. The standard InChI is InChI=1S/C27H33N5O5/c1-17(2)13-23(36-21-11-9-19(10-12-21)25-18(3)14-24(33)30-31-25)26(34)32-29-16-27(4,35)37-22-8-6-5-7-20(22)15-28/h5-12,17-18,23,29,35H,13-14,16H2,1-4H3,(H,30,33)(H,32,34)/t18-,23?,27+/m0/s1. The molecule has 1 unspecified atom stereocenters. The summed E-state index contributed by atoms with van der Waals surface area (Å²) >= 11 is 0. The number of carbonyl (C=O) groups excluding carboxylic acids is 2. The summed E-state index contributed by atoms with van der Waals surface area (Å²) in [5.74, 6) is -1.26. The van der Waals surface area contributed by atoms with E-state index in [4.69, 9.17) is 9.47 Å². The highest BCUT2D eigenvalue weighted by Gasteiger charge is 2.27. The van der Waals surface area contributed by atoms with E-state index >= 15 is 0 Å². The van der Waals surface area contributed by atoms with Gasteiger partial charge in [0.15, 0.2) is 6.10 Å². The molecule has 3 atom stereocenters. The number of hydrazine groups is 1. The molecule has 0 radical (unpaired) electrons. The lowest BCUT2D eigenvalue weighted by atomic mass is 9.94. The molecule has 10 nitrogen and oxygen atoms in total. The molecule has 0 saturated carbocycles. The van der Waals surface area contributed by atoms with Crippen LogP contribution in [0.1, 0.15) is 51.7 Å². The smallest absolute Gasteiger partial charge is 0.275 e. The summed E-state index contributed by atoms with van der Waals surface area (Å²) in [6.07, 6.45) is 0.0607. The molecule has 0 spiro atoms. The maximum Gasteiger partial charge on any atom is 0.275 e. The molecule has 0 saturated heterocycles. The molecule has 3 rings (SSSR count). The van der Waals surface area contributed by atoms with E-state index in [0.717, 1.165) is 11.3 Å². The van der Waals surface area contributed by atoms with Crippen molar-refractivity contribution < 1.29 is 24.2 Å². The first-order chi connectivity index (χ1) is 17.6. The molecule has 0 aromatic heterocycles. The number of amides is 2. The summed E-state index contributed by atoms with van der Waals surface area (Å²) in [5.41, 5.74) is 9.73. The van der Waals surface area contributed by atoms with E-state index in [1.54, 1.807) is 36.4 Å². The number of nitriles is 1. The van der Waals surface area contributed by atoms with Gasteiger partial charge in [0.1, 0.15) is 17.6 Å². The molecule has 37 heavy (non-hydrogen) atoms. The maximum absolute atomic E-state index is 12.9. The van der Waals surface area contributed by atoms with Gasteiger partial charge >= 0.3 is 0 Å². The first kappa shape index (κ1) is 27.6. The Morgan fingerprint density at radius 3 is 2.62 bits per heavy atom. The number of hydrogen-bond donors (Lipinski definition) is 4. The molecular weight excluding hydrogens is 474 g/mol. The van der Waals surface area contributed by atoms with Gasteiger partial charge < -0.3 is 14.6 Å². The van der Waals surface area contributed by atoms with Gasteiger partial charge in [0.05, 0.1) is 17.8 Å². The van der Waals surface area contributed by atoms with Crippen LogP contribution in [-0.2, 0) is 9.59 Å². The van der Waals surface area contributed by atoms with Crippen molar-refractivity contribution in [2.75, 3.05) is 6.54 Å². The van der Waals surface area contributed by atoms with E-state index in [1.807, 2.05) is 39.0 Å². The number of ether oxygens (including phenoxy) is 2. The predicted octanol–water partition coefficient (Wildman–Crippen LogP) is 2.62. The van der Waals surface area contributed by atoms with E-state index in [9.17, 15) is 20.0 Å². The zero-order valence-corrected chi connectivity index (χ0v) is 21.4. The fraction of sp³-hybridized carbons (Fsp3) is 0.407. The molecule has 1 aliphatic heterocycles. The lowest BCUT2D eigenvalue weighted by Gasteiger charge is -2.26. The van der Waals surface area contributed by atoms with Crippen molar-refractivity contribution in [3.63, 3.8) is 0 Å². The number of hydrogen-bond acceptors (Lipinski definition) is 8. The molecule has 2 aromatic rings. The van der Waals surface area contributed by atoms with E-state index < -0.39 is 17.8 Å². The van der Waals surface area contributed by atoms with E-state index in [-0.39, 0.29) is 35.6 Å². The Morgan fingerprint density at radius 2 is 1.97 bits per heavy atom. The lowest BCUT2D eigenvalue weighted by Crippen LogP contribution is -2.52. The second-order valence-electron chi connectivity index (χ2n) is 9.63. The van der Waals surface area contributed by atoms with Crippen LogP contribution < -0.4 is 25.8 Å². The van der Waals surface area contributed by atoms with Crippen LogP contribution in [0.5, 0.6) is 11.5 Å². The molecule has 0 bridgehead atoms. The quantitative estimate of drug-likeness (QED) is 0.270. The van der Waals surface area contributed by atoms with Crippen LogP contribution in [-0.4, -0.2) is 41.1 Å². The highest BCUT2D eigenvalue weighted by atomic mass is 16.6. The van der Waals surface area contributed by atoms with Crippen LogP contribution in [0, 0.1) is 23.2 Å². The van der Waals surface area contributed by atoms with E-state index in [1.165, 1.54) is 6.92 Å². The van der Waals surface area contributed by atoms with Gasteiger partial charge in [-0.1, -0.05) is 32.9 Å². The third-order valence-corrected chi connectivity index (χ3v) is 5.63. The van der Waals surface area contributed by atoms with Gasteiger partial charge in [-0.15, -0.1) is 0 Å². The molecule has 10 heteroatoms. The number of hydrazone groups is 1. The molecule has 2 amide bonds. The summed E-state index contributed by atoms with van der Waals surface area (Å²) in [5, 5.41) is 23.9. The molecular formula is C27H33N5O5. The van der Waals surface area contributed by atoms with Gasteiger partial charge in [-0.25, -0.2) is 10.9 Å².